The van der Waals surface area contributed by atoms with E-state index in [4.69, 9.17) is 4.74 Å². The summed E-state index contributed by atoms with van der Waals surface area (Å²) in [6, 6.07) is 0.548. The van der Waals surface area contributed by atoms with E-state index in [-0.39, 0.29) is 11.6 Å². The second-order valence-electron chi connectivity index (χ2n) is 7.37. The topological polar surface area (TPSA) is 41.6 Å². The van der Waals surface area contributed by atoms with Gasteiger partial charge in [-0.1, -0.05) is 6.42 Å². The van der Waals surface area contributed by atoms with Gasteiger partial charge in [-0.15, -0.1) is 0 Å². The second kappa shape index (κ2) is 6.90. The van der Waals surface area contributed by atoms with Gasteiger partial charge >= 0.3 is 5.97 Å². The summed E-state index contributed by atoms with van der Waals surface area (Å²) in [6.07, 6.45) is 6.59. The van der Waals surface area contributed by atoms with Crippen LogP contribution < -0.4 is 5.32 Å². The van der Waals surface area contributed by atoms with E-state index in [9.17, 15) is 4.79 Å². The molecule has 1 atom stereocenters. The van der Waals surface area contributed by atoms with Crippen LogP contribution >= 0.6 is 0 Å². The normalized spacial score (nSPS) is 25.2. The first-order chi connectivity index (χ1) is 9.42. The van der Waals surface area contributed by atoms with E-state index in [1.165, 1.54) is 32.1 Å². The molecule has 1 heterocycles. The minimum atomic E-state index is -0.380. The molecule has 0 amide bonds. The molecule has 0 aromatic heterocycles. The first-order valence-corrected chi connectivity index (χ1v) is 8.10. The van der Waals surface area contributed by atoms with Gasteiger partial charge in [-0.05, 0) is 65.5 Å². The van der Waals surface area contributed by atoms with Crippen molar-refractivity contribution in [3.63, 3.8) is 0 Å². The number of esters is 1. The van der Waals surface area contributed by atoms with Crippen molar-refractivity contribution in [2.24, 2.45) is 5.92 Å². The quantitative estimate of drug-likeness (QED) is 0.785. The molecule has 1 saturated heterocycles. The lowest BCUT2D eigenvalue weighted by atomic mass is 9.85. The molecule has 2 fully saturated rings. The summed E-state index contributed by atoms with van der Waals surface area (Å²) in [5.74, 6) is 0.799. The summed E-state index contributed by atoms with van der Waals surface area (Å²) in [7, 11) is 0. The predicted octanol–water partition coefficient (Wildman–Crippen LogP) is 2.18. The lowest BCUT2D eigenvalue weighted by Crippen LogP contribution is -2.49. The molecule has 2 rings (SSSR count). The lowest BCUT2D eigenvalue weighted by Gasteiger charge is -2.35. The van der Waals surface area contributed by atoms with E-state index in [1.807, 2.05) is 20.8 Å². The monoisotopic (exact) mass is 282 g/mol. The fourth-order valence-electron chi connectivity index (χ4n) is 2.95. The molecule has 1 unspecified atom stereocenters. The highest BCUT2D eigenvalue weighted by Crippen LogP contribution is 2.25. The summed E-state index contributed by atoms with van der Waals surface area (Å²) in [4.78, 5) is 14.1. The van der Waals surface area contributed by atoms with Gasteiger partial charge in [0.25, 0.3) is 0 Å². The number of likely N-dealkylation sites (tertiary alicyclic amines) is 1. The Morgan fingerprint density at radius 1 is 1.25 bits per heavy atom. The highest BCUT2D eigenvalue weighted by molar-refractivity contribution is 5.72. The zero-order valence-corrected chi connectivity index (χ0v) is 13.3. The van der Waals surface area contributed by atoms with Crippen molar-refractivity contribution in [2.45, 2.75) is 64.5 Å². The SMILES string of the molecule is CC(C)(C)OC(=O)CN1CCCC(NCC2CCC2)C1. The Bertz CT molecular complexity index is 321. The summed E-state index contributed by atoms with van der Waals surface area (Å²) in [5, 5.41) is 3.68. The maximum absolute atomic E-state index is 11.9. The van der Waals surface area contributed by atoms with Gasteiger partial charge in [-0.25, -0.2) is 0 Å². The van der Waals surface area contributed by atoms with Crippen LogP contribution in [-0.2, 0) is 9.53 Å². The van der Waals surface area contributed by atoms with Crippen molar-refractivity contribution in [3.05, 3.63) is 0 Å². The average Bonchev–Trinajstić information content (AvgIpc) is 2.24. The van der Waals surface area contributed by atoms with Crippen LogP contribution in [0.3, 0.4) is 0 Å². The standard InChI is InChI=1S/C16H30N2O2/c1-16(2,3)20-15(19)12-18-9-5-8-14(11-18)17-10-13-6-4-7-13/h13-14,17H,4-12H2,1-3H3. The molecule has 1 saturated carbocycles. The van der Waals surface area contributed by atoms with Crippen molar-refractivity contribution in [2.75, 3.05) is 26.2 Å². The van der Waals surface area contributed by atoms with Crippen LogP contribution in [0, 0.1) is 5.92 Å². The van der Waals surface area contributed by atoms with Crippen molar-refractivity contribution in [1.82, 2.24) is 10.2 Å². The molecule has 2 aliphatic rings. The molecule has 116 valence electrons. The van der Waals surface area contributed by atoms with Crippen LogP contribution in [0.15, 0.2) is 0 Å². The Labute approximate surface area is 123 Å². The zero-order valence-electron chi connectivity index (χ0n) is 13.3. The van der Waals surface area contributed by atoms with Crippen molar-refractivity contribution in [1.29, 1.82) is 0 Å². The molecule has 0 aromatic carbocycles. The number of piperidine rings is 1. The zero-order chi connectivity index (χ0) is 14.6. The second-order valence-corrected chi connectivity index (χ2v) is 7.37. The molecule has 1 aliphatic carbocycles. The highest BCUT2D eigenvalue weighted by Gasteiger charge is 2.25. The molecular weight excluding hydrogens is 252 g/mol. The van der Waals surface area contributed by atoms with Crippen LogP contribution in [0.2, 0.25) is 0 Å². The van der Waals surface area contributed by atoms with Crippen LogP contribution in [0.5, 0.6) is 0 Å². The molecule has 1 aliphatic heterocycles. The third kappa shape index (κ3) is 5.41. The van der Waals surface area contributed by atoms with Gasteiger partial charge in [0.15, 0.2) is 0 Å². The molecular formula is C16H30N2O2. The smallest absolute Gasteiger partial charge is 0.320 e. The van der Waals surface area contributed by atoms with Gasteiger partial charge in [-0.2, -0.15) is 0 Å². The Kier molecular flexibility index (Phi) is 5.44. The van der Waals surface area contributed by atoms with Crippen molar-refractivity contribution in [3.8, 4) is 0 Å². The number of nitrogens with one attached hydrogen (secondary N) is 1. The molecule has 0 radical (unpaired) electrons. The van der Waals surface area contributed by atoms with Crippen LogP contribution in [0.25, 0.3) is 0 Å². The van der Waals surface area contributed by atoms with Gasteiger partial charge in [0, 0.05) is 12.6 Å². The fourth-order valence-corrected chi connectivity index (χ4v) is 2.95. The molecule has 4 heteroatoms. The molecule has 20 heavy (non-hydrogen) atoms. The molecule has 4 nitrogen and oxygen atoms in total. The Morgan fingerprint density at radius 2 is 2.00 bits per heavy atom. The summed E-state index contributed by atoms with van der Waals surface area (Å²) < 4.78 is 5.40. The van der Waals surface area contributed by atoms with E-state index in [0.29, 0.717) is 12.6 Å². The number of hydrogen-bond donors (Lipinski definition) is 1. The molecule has 0 spiro atoms. The first kappa shape index (κ1) is 15.8. The van der Waals surface area contributed by atoms with Crippen LogP contribution in [-0.4, -0.2) is 48.7 Å². The third-order valence-corrected chi connectivity index (χ3v) is 4.20. The Hall–Kier alpha value is -0.610. The molecule has 0 aromatic rings. The molecule has 1 N–H and O–H groups in total. The maximum Gasteiger partial charge on any atom is 0.320 e. The number of hydrogen-bond acceptors (Lipinski definition) is 4. The van der Waals surface area contributed by atoms with Gasteiger partial charge in [0.2, 0.25) is 0 Å². The van der Waals surface area contributed by atoms with Gasteiger partial charge < -0.3 is 10.1 Å². The highest BCUT2D eigenvalue weighted by atomic mass is 16.6. The molecule has 0 bridgehead atoms. The minimum Gasteiger partial charge on any atom is -0.459 e. The predicted molar refractivity (Wildman–Crippen MR) is 80.7 cm³/mol. The first-order valence-electron chi connectivity index (χ1n) is 8.10. The van der Waals surface area contributed by atoms with E-state index in [2.05, 4.69) is 10.2 Å². The van der Waals surface area contributed by atoms with E-state index >= 15 is 0 Å². The Balaban J connectivity index is 1.68. The average molecular weight is 282 g/mol. The van der Waals surface area contributed by atoms with Gasteiger partial charge in [0.05, 0.1) is 6.54 Å². The van der Waals surface area contributed by atoms with E-state index < -0.39 is 0 Å². The van der Waals surface area contributed by atoms with Crippen molar-refractivity contribution >= 4 is 5.97 Å². The van der Waals surface area contributed by atoms with Gasteiger partial charge in [-0.3, -0.25) is 9.69 Å². The van der Waals surface area contributed by atoms with Crippen molar-refractivity contribution < 1.29 is 9.53 Å². The number of rotatable bonds is 5. The van der Waals surface area contributed by atoms with Gasteiger partial charge in [0.1, 0.15) is 5.60 Å². The largest absolute Gasteiger partial charge is 0.459 e. The lowest BCUT2D eigenvalue weighted by molar-refractivity contribution is -0.156. The maximum atomic E-state index is 11.9. The minimum absolute atomic E-state index is 0.0999. The number of nitrogens with zero attached hydrogens (tertiary/aromatic N) is 1. The Morgan fingerprint density at radius 3 is 2.60 bits per heavy atom. The van der Waals surface area contributed by atoms with E-state index in [0.717, 1.165) is 25.6 Å². The fraction of sp³-hybridized carbons (Fsp3) is 0.938. The third-order valence-electron chi connectivity index (χ3n) is 4.20. The van der Waals surface area contributed by atoms with Crippen LogP contribution in [0.4, 0.5) is 0 Å². The number of carbonyl (C=O) groups is 1. The van der Waals surface area contributed by atoms with Crippen LogP contribution in [0.1, 0.15) is 52.9 Å². The summed E-state index contributed by atoms with van der Waals surface area (Å²) in [5.41, 5.74) is -0.380. The summed E-state index contributed by atoms with van der Waals surface area (Å²) >= 11 is 0. The summed E-state index contributed by atoms with van der Waals surface area (Å²) in [6.45, 7) is 9.34. The number of carbonyl (C=O) groups excluding carboxylic acids is 1. The van der Waals surface area contributed by atoms with E-state index in [1.54, 1.807) is 0 Å². The number of ether oxygens (including phenoxy) is 1.